The Bertz CT molecular complexity index is 493. The minimum atomic E-state index is 0.177. The molecule has 0 spiro atoms. The van der Waals surface area contributed by atoms with Crippen molar-refractivity contribution >= 4 is 33.2 Å². The standard InChI is InChI=1S/C12H15ClN2S/c1-7(2)9(14)6-12-15-10-5-8(13)3-4-11(10)16-12/h3-5,7,9H,6,14H2,1-2H3. The zero-order chi connectivity index (χ0) is 11.7. The Morgan fingerprint density at radius 3 is 2.88 bits per heavy atom. The largest absolute Gasteiger partial charge is 0.327 e. The first-order chi connectivity index (χ1) is 7.56. The number of aromatic nitrogens is 1. The molecule has 2 N–H and O–H groups in total. The number of thiazole rings is 1. The van der Waals surface area contributed by atoms with Gasteiger partial charge in [0.05, 0.1) is 15.2 Å². The normalized spacial score (nSPS) is 13.6. The van der Waals surface area contributed by atoms with Crippen LogP contribution in [0.3, 0.4) is 0 Å². The first-order valence-electron chi connectivity index (χ1n) is 5.37. The van der Waals surface area contributed by atoms with E-state index >= 15 is 0 Å². The van der Waals surface area contributed by atoms with E-state index in [4.69, 9.17) is 17.3 Å². The molecule has 0 aliphatic rings. The molecule has 0 amide bonds. The van der Waals surface area contributed by atoms with Crippen molar-refractivity contribution in [2.45, 2.75) is 26.3 Å². The summed E-state index contributed by atoms with van der Waals surface area (Å²) in [5, 5.41) is 1.83. The Hall–Kier alpha value is -0.640. The van der Waals surface area contributed by atoms with Gasteiger partial charge in [0.2, 0.25) is 0 Å². The van der Waals surface area contributed by atoms with Crippen LogP contribution in [0.2, 0.25) is 5.02 Å². The lowest BCUT2D eigenvalue weighted by molar-refractivity contribution is 0.490. The Morgan fingerprint density at radius 1 is 1.44 bits per heavy atom. The van der Waals surface area contributed by atoms with Gasteiger partial charge >= 0.3 is 0 Å². The third kappa shape index (κ3) is 2.54. The molecule has 0 bridgehead atoms. The van der Waals surface area contributed by atoms with Crippen molar-refractivity contribution in [1.29, 1.82) is 0 Å². The van der Waals surface area contributed by atoms with E-state index in [9.17, 15) is 0 Å². The van der Waals surface area contributed by atoms with E-state index in [1.165, 1.54) is 4.70 Å². The summed E-state index contributed by atoms with van der Waals surface area (Å²) in [6.45, 7) is 4.27. The fraction of sp³-hybridized carbons (Fsp3) is 0.417. The monoisotopic (exact) mass is 254 g/mol. The fourth-order valence-electron chi connectivity index (χ4n) is 1.47. The third-order valence-electron chi connectivity index (χ3n) is 2.66. The SMILES string of the molecule is CC(C)C(N)Cc1nc2cc(Cl)ccc2s1. The van der Waals surface area contributed by atoms with E-state index in [1.54, 1.807) is 11.3 Å². The van der Waals surface area contributed by atoms with Crippen LogP contribution in [0.5, 0.6) is 0 Å². The maximum Gasteiger partial charge on any atom is 0.0954 e. The highest BCUT2D eigenvalue weighted by molar-refractivity contribution is 7.18. The molecule has 1 heterocycles. The molecule has 1 aromatic carbocycles. The number of rotatable bonds is 3. The molecule has 2 rings (SSSR count). The first kappa shape index (κ1) is 11.8. The summed E-state index contributed by atoms with van der Waals surface area (Å²) in [6, 6.07) is 5.99. The predicted molar refractivity (Wildman–Crippen MR) is 71.1 cm³/mol. The summed E-state index contributed by atoms with van der Waals surface area (Å²) >= 11 is 7.63. The molecule has 0 aliphatic heterocycles. The van der Waals surface area contributed by atoms with Crippen LogP contribution in [0.1, 0.15) is 18.9 Å². The molecule has 1 atom stereocenters. The molecule has 2 aromatic rings. The maximum absolute atomic E-state index is 6.04. The van der Waals surface area contributed by atoms with Crippen LogP contribution < -0.4 is 5.73 Å². The lowest BCUT2D eigenvalue weighted by Crippen LogP contribution is -2.28. The summed E-state index contributed by atoms with van der Waals surface area (Å²) in [5.74, 6) is 0.482. The average molecular weight is 255 g/mol. The van der Waals surface area contributed by atoms with Crippen molar-refractivity contribution in [3.05, 3.63) is 28.2 Å². The zero-order valence-electron chi connectivity index (χ0n) is 9.40. The van der Waals surface area contributed by atoms with Gasteiger partial charge in [0.15, 0.2) is 0 Å². The van der Waals surface area contributed by atoms with Crippen LogP contribution in [0, 0.1) is 5.92 Å². The van der Waals surface area contributed by atoms with Gasteiger partial charge in [-0.3, -0.25) is 0 Å². The Morgan fingerprint density at radius 2 is 2.19 bits per heavy atom. The predicted octanol–water partition coefficient (Wildman–Crippen LogP) is 3.48. The second-order valence-electron chi connectivity index (χ2n) is 4.33. The number of fused-ring (bicyclic) bond motifs is 1. The van der Waals surface area contributed by atoms with Gasteiger partial charge in [-0.25, -0.2) is 4.98 Å². The fourth-order valence-corrected chi connectivity index (χ4v) is 2.66. The van der Waals surface area contributed by atoms with Crippen LogP contribution >= 0.6 is 22.9 Å². The summed E-state index contributed by atoms with van der Waals surface area (Å²) in [7, 11) is 0. The van der Waals surface area contributed by atoms with E-state index in [2.05, 4.69) is 18.8 Å². The lowest BCUT2D eigenvalue weighted by Gasteiger charge is -2.12. The van der Waals surface area contributed by atoms with E-state index in [-0.39, 0.29) is 6.04 Å². The number of benzene rings is 1. The maximum atomic E-state index is 6.04. The molecule has 0 saturated heterocycles. The molecule has 0 aliphatic carbocycles. The summed E-state index contributed by atoms with van der Waals surface area (Å²) in [4.78, 5) is 4.55. The molecule has 0 saturated carbocycles. The molecule has 86 valence electrons. The second kappa shape index (κ2) is 4.70. The molecule has 1 unspecified atom stereocenters. The van der Waals surface area contributed by atoms with Gasteiger partial charge in [-0.1, -0.05) is 25.4 Å². The van der Waals surface area contributed by atoms with Crippen LogP contribution in [-0.2, 0) is 6.42 Å². The first-order valence-corrected chi connectivity index (χ1v) is 6.56. The summed E-state index contributed by atoms with van der Waals surface area (Å²) in [6.07, 6.45) is 0.842. The second-order valence-corrected chi connectivity index (χ2v) is 5.88. The van der Waals surface area contributed by atoms with Crippen molar-refractivity contribution in [3.8, 4) is 0 Å². The van der Waals surface area contributed by atoms with Crippen LogP contribution in [0.25, 0.3) is 10.2 Å². The topological polar surface area (TPSA) is 38.9 Å². The zero-order valence-corrected chi connectivity index (χ0v) is 11.0. The van der Waals surface area contributed by atoms with Gasteiger partial charge in [-0.15, -0.1) is 11.3 Å². The minimum absolute atomic E-state index is 0.177. The van der Waals surface area contributed by atoms with Gasteiger partial charge < -0.3 is 5.73 Å². The molecule has 0 fully saturated rings. The number of nitrogens with zero attached hydrogens (tertiary/aromatic N) is 1. The van der Waals surface area contributed by atoms with Crippen LogP contribution in [0.4, 0.5) is 0 Å². The number of halogens is 1. The Balaban J connectivity index is 2.26. The van der Waals surface area contributed by atoms with Crippen molar-refractivity contribution in [1.82, 2.24) is 4.98 Å². The highest BCUT2D eigenvalue weighted by Crippen LogP contribution is 2.26. The van der Waals surface area contributed by atoms with E-state index in [0.717, 1.165) is 22.0 Å². The quantitative estimate of drug-likeness (QED) is 0.911. The summed E-state index contributed by atoms with van der Waals surface area (Å²) in [5.41, 5.74) is 7.02. The average Bonchev–Trinajstić information content (AvgIpc) is 2.58. The van der Waals surface area contributed by atoms with Crippen molar-refractivity contribution < 1.29 is 0 Å². The van der Waals surface area contributed by atoms with Crippen molar-refractivity contribution in [3.63, 3.8) is 0 Å². The Labute approximate surface area is 104 Å². The van der Waals surface area contributed by atoms with Crippen LogP contribution in [0.15, 0.2) is 18.2 Å². The van der Waals surface area contributed by atoms with Gasteiger partial charge in [-0.05, 0) is 24.1 Å². The number of nitrogens with two attached hydrogens (primary N) is 1. The molecule has 1 aromatic heterocycles. The number of hydrogen-bond donors (Lipinski definition) is 1. The highest BCUT2D eigenvalue weighted by atomic mass is 35.5. The molecule has 4 heteroatoms. The lowest BCUT2D eigenvalue weighted by atomic mass is 10.0. The van der Waals surface area contributed by atoms with Gasteiger partial charge in [0, 0.05) is 17.5 Å². The minimum Gasteiger partial charge on any atom is -0.327 e. The van der Waals surface area contributed by atoms with E-state index in [0.29, 0.717) is 5.92 Å². The molecule has 2 nitrogen and oxygen atoms in total. The highest BCUT2D eigenvalue weighted by Gasteiger charge is 2.12. The molecular weight excluding hydrogens is 240 g/mol. The van der Waals surface area contributed by atoms with Gasteiger partial charge in [0.25, 0.3) is 0 Å². The third-order valence-corrected chi connectivity index (χ3v) is 3.95. The molecular formula is C12H15ClN2S. The summed E-state index contributed by atoms with van der Waals surface area (Å²) < 4.78 is 1.18. The van der Waals surface area contributed by atoms with Crippen molar-refractivity contribution in [2.24, 2.45) is 11.7 Å². The number of hydrogen-bond acceptors (Lipinski definition) is 3. The van der Waals surface area contributed by atoms with Gasteiger partial charge in [0.1, 0.15) is 0 Å². The Kier molecular flexibility index (Phi) is 3.47. The van der Waals surface area contributed by atoms with Crippen LogP contribution in [-0.4, -0.2) is 11.0 Å². The van der Waals surface area contributed by atoms with E-state index < -0.39 is 0 Å². The van der Waals surface area contributed by atoms with Gasteiger partial charge in [-0.2, -0.15) is 0 Å². The molecule has 16 heavy (non-hydrogen) atoms. The molecule has 0 radical (unpaired) electrons. The smallest absolute Gasteiger partial charge is 0.0954 e. The van der Waals surface area contributed by atoms with E-state index in [1.807, 2.05) is 18.2 Å². The van der Waals surface area contributed by atoms with Crippen molar-refractivity contribution in [2.75, 3.05) is 0 Å².